The predicted molar refractivity (Wildman–Crippen MR) is 78.9 cm³/mol. The Morgan fingerprint density at radius 3 is 3.00 bits per heavy atom. The summed E-state index contributed by atoms with van der Waals surface area (Å²) in [6, 6.07) is 5.77. The van der Waals surface area contributed by atoms with Crippen molar-refractivity contribution >= 4 is 17.3 Å². The molecule has 3 rings (SSSR count). The quantitative estimate of drug-likeness (QED) is 0.760. The molecule has 20 heavy (non-hydrogen) atoms. The molecule has 5 nitrogen and oxygen atoms in total. The normalized spacial score (nSPS) is 29.2. The molecule has 3 N–H and O–H groups in total. The van der Waals surface area contributed by atoms with E-state index >= 15 is 0 Å². The molecule has 108 valence electrons. The molecule has 0 aliphatic carbocycles. The summed E-state index contributed by atoms with van der Waals surface area (Å²) in [5.41, 5.74) is 2.29. The van der Waals surface area contributed by atoms with E-state index in [0.717, 1.165) is 36.3 Å². The molecule has 0 saturated carbocycles. The lowest BCUT2D eigenvalue weighted by atomic mass is 9.94. The number of amides is 1. The Hall–Kier alpha value is -1.59. The van der Waals surface area contributed by atoms with E-state index in [1.165, 1.54) is 0 Å². The molecule has 2 atom stereocenters. The van der Waals surface area contributed by atoms with Gasteiger partial charge >= 0.3 is 0 Å². The number of fused-ring (bicyclic) bond motifs is 1. The summed E-state index contributed by atoms with van der Waals surface area (Å²) in [4.78, 5) is 14.0. The Balaban J connectivity index is 1.87. The van der Waals surface area contributed by atoms with Crippen LogP contribution in [0.15, 0.2) is 18.2 Å². The minimum absolute atomic E-state index is 0.00899. The van der Waals surface area contributed by atoms with Gasteiger partial charge in [0.1, 0.15) is 6.04 Å². The highest BCUT2D eigenvalue weighted by Crippen LogP contribution is 2.35. The van der Waals surface area contributed by atoms with Gasteiger partial charge in [0.25, 0.3) is 0 Å². The summed E-state index contributed by atoms with van der Waals surface area (Å²) in [5, 5.41) is 16.1. The lowest BCUT2D eigenvalue weighted by molar-refractivity contribution is -0.117. The van der Waals surface area contributed by atoms with Gasteiger partial charge in [-0.1, -0.05) is 6.07 Å². The van der Waals surface area contributed by atoms with E-state index in [4.69, 9.17) is 0 Å². The number of nitrogens with one attached hydrogen (secondary N) is 2. The maximum Gasteiger partial charge on any atom is 0.246 e. The maximum absolute atomic E-state index is 11.8. The molecule has 2 aliphatic heterocycles. The molecule has 5 heteroatoms. The number of benzene rings is 1. The fourth-order valence-electron chi connectivity index (χ4n) is 3.17. The van der Waals surface area contributed by atoms with E-state index in [9.17, 15) is 9.90 Å². The first-order chi connectivity index (χ1) is 9.50. The van der Waals surface area contributed by atoms with Gasteiger partial charge in [0.15, 0.2) is 0 Å². The number of carbonyl (C=O) groups is 1. The molecule has 0 radical (unpaired) electrons. The zero-order chi connectivity index (χ0) is 14.3. The summed E-state index contributed by atoms with van der Waals surface area (Å²) in [5.74, 6) is -0.00899. The third kappa shape index (κ3) is 2.27. The molecular formula is C15H21N3O2. The molecule has 1 amide bonds. The van der Waals surface area contributed by atoms with Crippen molar-refractivity contribution in [2.24, 2.45) is 0 Å². The summed E-state index contributed by atoms with van der Waals surface area (Å²) in [6.45, 7) is 3.46. The summed E-state index contributed by atoms with van der Waals surface area (Å²) in [6.07, 6.45) is 1.82. The van der Waals surface area contributed by atoms with E-state index in [2.05, 4.69) is 15.5 Å². The Labute approximate surface area is 119 Å². The zero-order valence-corrected chi connectivity index (χ0v) is 11.9. The first-order valence-electron chi connectivity index (χ1n) is 7.09. The second-order valence-corrected chi connectivity index (χ2v) is 6.00. The van der Waals surface area contributed by atoms with Crippen LogP contribution in [0.25, 0.3) is 0 Å². The average Bonchev–Trinajstić information content (AvgIpc) is 2.71. The van der Waals surface area contributed by atoms with Crippen molar-refractivity contribution in [3.05, 3.63) is 23.8 Å². The topological polar surface area (TPSA) is 64.6 Å². The van der Waals surface area contributed by atoms with Crippen LogP contribution in [0.1, 0.15) is 31.4 Å². The molecule has 0 spiro atoms. The number of aliphatic hydroxyl groups is 1. The zero-order valence-electron chi connectivity index (χ0n) is 11.9. The number of hydrogen-bond acceptors (Lipinski definition) is 4. The fourth-order valence-corrected chi connectivity index (χ4v) is 3.17. The van der Waals surface area contributed by atoms with Crippen molar-refractivity contribution in [3.63, 3.8) is 0 Å². The van der Waals surface area contributed by atoms with Crippen LogP contribution < -0.4 is 15.5 Å². The number of hydrogen-bond donors (Lipinski definition) is 3. The highest BCUT2D eigenvalue weighted by atomic mass is 16.3. The van der Waals surface area contributed by atoms with E-state index in [-0.39, 0.29) is 11.9 Å². The number of anilines is 2. The van der Waals surface area contributed by atoms with Crippen LogP contribution in [0.3, 0.4) is 0 Å². The molecular weight excluding hydrogens is 254 g/mol. The number of β-amino-alcohol motifs (C(OH)–C–C–N with tert-alkyl or cyclic N) is 1. The third-order valence-electron chi connectivity index (χ3n) is 4.20. The monoisotopic (exact) mass is 275 g/mol. The van der Waals surface area contributed by atoms with Gasteiger partial charge in [-0.3, -0.25) is 4.79 Å². The van der Waals surface area contributed by atoms with Crippen LogP contribution in [0.2, 0.25) is 0 Å². The van der Waals surface area contributed by atoms with Crippen LogP contribution in [0.4, 0.5) is 11.4 Å². The van der Waals surface area contributed by atoms with Gasteiger partial charge in [0.05, 0.1) is 5.60 Å². The SMILES string of the molecule is CNC1C(=O)Nc2cc(N3CCCC(C)(O)C3)ccc21. The molecule has 2 aliphatic rings. The van der Waals surface area contributed by atoms with Crippen LogP contribution in [0, 0.1) is 0 Å². The largest absolute Gasteiger partial charge is 0.388 e. The van der Waals surface area contributed by atoms with Crippen molar-refractivity contribution in [1.29, 1.82) is 0 Å². The van der Waals surface area contributed by atoms with Crippen molar-refractivity contribution < 1.29 is 9.90 Å². The minimum Gasteiger partial charge on any atom is -0.388 e. The van der Waals surface area contributed by atoms with E-state index in [1.807, 2.05) is 25.1 Å². The maximum atomic E-state index is 11.8. The molecule has 2 unspecified atom stereocenters. The Kier molecular flexibility index (Phi) is 3.18. The Morgan fingerprint density at radius 2 is 2.30 bits per heavy atom. The number of nitrogens with zero attached hydrogens (tertiary/aromatic N) is 1. The van der Waals surface area contributed by atoms with Crippen LogP contribution in [-0.4, -0.2) is 36.8 Å². The van der Waals surface area contributed by atoms with E-state index in [1.54, 1.807) is 7.05 Å². The third-order valence-corrected chi connectivity index (χ3v) is 4.20. The van der Waals surface area contributed by atoms with Crippen molar-refractivity contribution in [1.82, 2.24) is 5.32 Å². The van der Waals surface area contributed by atoms with Crippen molar-refractivity contribution in [2.45, 2.75) is 31.4 Å². The van der Waals surface area contributed by atoms with Gasteiger partial charge in [-0.25, -0.2) is 0 Å². The summed E-state index contributed by atoms with van der Waals surface area (Å²) in [7, 11) is 1.79. The Bertz CT molecular complexity index is 542. The molecule has 0 bridgehead atoms. The van der Waals surface area contributed by atoms with Gasteiger partial charge in [-0.05, 0) is 38.9 Å². The van der Waals surface area contributed by atoms with Crippen LogP contribution >= 0.6 is 0 Å². The number of rotatable bonds is 2. The van der Waals surface area contributed by atoms with Crippen LogP contribution in [0.5, 0.6) is 0 Å². The second-order valence-electron chi connectivity index (χ2n) is 6.00. The molecule has 1 aromatic rings. The van der Waals surface area contributed by atoms with Crippen molar-refractivity contribution in [3.8, 4) is 0 Å². The lowest BCUT2D eigenvalue weighted by Crippen LogP contribution is -2.46. The fraction of sp³-hybridized carbons (Fsp3) is 0.533. The first kappa shape index (κ1) is 13.4. The molecule has 1 aromatic carbocycles. The van der Waals surface area contributed by atoms with Crippen LogP contribution in [-0.2, 0) is 4.79 Å². The van der Waals surface area contributed by atoms with Gasteiger partial charge in [0.2, 0.25) is 5.91 Å². The highest BCUT2D eigenvalue weighted by molar-refractivity contribution is 6.03. The second kappa shape index (κ2) is 4.75. The summed E-state index contributed by atoms with van der Waals surface area (Å²) >= 11 is 0. The van der Waals surface area contributed by atoms with Gasteiger partial charge in [0, 0.05) is 30.0 Å². The van der Waals surface area contributed by atoms with Gasteiger partial charge in [-0.15, -0.1) is 0 Å². The number of piperidine rings is 1. The average molecular weight is 275 g/mol. The lowest BCUT2D eigenvalue weighted by Gasteiger charge is -2.38. The Morgan fingerprint density at radius 1 is 1.50 bits per heavy atom. The molecule has 1 saturated heterocycles. The summed E-state index contributed by atoms with van der Waals surface area (Å²) < 4.78 is 0. The van der Waals surface area contributed by atoms with Gasteiger partial charge in [-0.2, -0.15) is 0 Å². The first-order valence-corrected chi connectivity index (χ1v) is 7.09. The standard InChI is InChI=1S/C15H21N3O2/c1-15(20)6-3-7-18(9-15)10-4-5-11-12(8-10)17-14(19)13(11)16-2/h4-5,8,13,16,20H,3,6-7,9H2,1-2H3,(H,17,19). The van der Waals surface area contributed by atoms with E-state index < -0.39 is 5.60 Å². The number of carbonyl (C=O) groups excluding carboxylic acids is 1. The van der Waals surface area contributed by atoms with E-state index in [0.29, 0.717) is 6.54 Å². The predicted octanol–water partition coefficient (Wildman–Crippen LogP) is 1.25. The van der Waals surface area contributed by atoms with Crippen molar-refractivity contribution in [2.75, 3.05) is 30.4 Å². The van der Waals surface area contributed by atoms with Gasteiger partial charge < -0.3 is 20.6 Å². The smallest absolute Gasteiger partial charge is 0.246 e. The highest BCUT2D eigenvalue weighted by Gasteiger charge is 2.32. The molecule has 1 fully saturated rings. The minimum atomic E-state index is -0.631. The molecule has 0 aromatic heterocycles. The number of likely N-dealkylation sites (N-methyl/N-ethyl adjacent to an activating group) is 1. The molecule has 2 heterocycles.